The van der Waals surface area contributed by atoms with E-state index in [1.807, 2.05) is 0 Å². The maximum absolute atomic E-state index is 2.67. The summed E-state index contributed by atoms with van der Waals surface area (Å²) in [6, 6.07) is 0. The van der Waals surface area contributed by atoms with Crippen LogP contribution in [0.5, 0.6) is 0 Å². The van der Waals surface area contributed by atoms with Crippen molar-refractivity contribution in [3.63, 3.8) is 0 Å². The molecule has 2 heterocycles. The fraction of sp³-hybridized carbons (Fsp3) is 1.00. The molecule has 2 saturated heterocycles. The van der Waals surface area contributed by atoms with E-state index < -0.39 is 0 Å². The van der Waals surface area contributed by atoms with Crippen molar-refractivity contribution in [3.8, 4) is 0 Å². The molecule has 0 aromatic rings. The van der Waals surface area contributed by atoms with Gasteiger partial charge in [-0.1, -0.05) is 12.8 Å². The van der Waals surface area contributed by atoms with Gasteiger partial charge in [0.05, 0.1) is 0 Å². The van der Waals surface area contributed by atoms with Gasteiger partial charge in [-0.05, 0) is 77.8 Å². The van der Waals surface area contributed by atoms with E-state index in [1.165, 1.54) is 90.6 Å². The van der Waals surface area contributed by atoms with Crippen molar-refractivity contribution in [2.24, 2.45) is 0 Å². The molecule has 0 atom stereocenters. The van der Waals surface area contributed by atoms with Crippen LogP contribution in [0.2, 0.25) is 0 Å². The largest absolute Gasteiger partial charge is 0.303 e. The summed E-state index contributed by atoms with van der Waals surface area (Å²) in [6.45, 7) is 8.17. The minimum atomic E-state index is 0. The zero-order chi connectivity index (χ0) is 11.1. The topological polar surface area (TPSA) is 6.48 Å². The third-order valence-electron chi connectivity index (χ3n) is 4.10. The van der Waals surface area contributed by atoms with E-state index in [0.29, 0.717) is 0 Å². The summed E-state index contributed by atoms with van der Waals surface area (Å²) in [6.07, 6.45) is 11.5. The Morgan fingerprint density at radius 2 is 0.833 bits per heavy atom. The molecule has 0 radical (unpaired) electrons. The second-order valence-electron chi connectivity index (χ2n) is 5.51. The molecular formula is C14H30Cl2N2. The van der Waals surface area contributed by atoms with Gasteiger partial charge in [-0.15, -0.1) is 24.8 Å². The van der Waals surface area contributed by atoms with Crippen molar-refractivity contribution >= 4 is 24.8 Å². The zero-order valence-electron chi connectivity index (χ0n) is 11.6. The first-order valence-corrected chi connectivity index (χ1v) is 7.40. The van der Waals surface area contributed by atoms with E-state index >= 15 is 0 Å². The second-order valence-corrected chi connectivity index (χ2v) is 5.51. The average molecular weight is 297 g/mol. The lowest BCUT2D eigenvalue weighted by Crippen LogP contribution is -2.33. The standard InChI is InChI=1S/C14H28N2.2ClH/c1-3-9-15(10-4-1)13-7-8-14-16-11-5-2-6-12-16;;/h1-14H2;2*1H. The Morgan fingerprint density at radius 3 is 1.17 bits per heavy atom. The predicted octanol–water partition coefficient (Wildman–Crippen LogP) is 3.58. The molecule has 0 aromatic heterocycles. The van der Waals surface area contributed by atoms with Gasteiger partial charge >= 0.3 is 0 Å². The summed E-state index contributed by atoms with van der Waals surface area (Å²) in [4.78, 5) is 5.33. The molecule has 2 aliphatic heterocycles. The molecule has 2 fully saturated rings. The first-order chi connectivity index (χ1) is 7.95. The van der Waals surface area contributed by atoms with Crippen LogP contribution in [0.25, 0.3) is 0 Å². The Labute approximate surface area is 125 Å². The molecule has 0 spiro atoms. The van der Waals surface area contributed by atoms with Crippen LogP contribution in [-0.2, 0) is 0 Å². The lowest BCUT2D eigenvalue weighted by Gasteiger charge is -2.28. The van der Waals surface area contributed by atoms with Gasteiger partial charge in [-0.25, -0.2) is 0 Å². The predicted molar refractivity (Wildman–Crippen MR) is 84.3 cm³/mol. The molecule has 2 aliphatic rings. The molecule has 0 bridgehead atoms. The van der Waals surface area contributed by atoms with Crippen molar-refractivity contribution in [2.45, 2.75) is 51.4 Å². The van der Waals surface area contributed by atoms with E-state index in [9.17, 15) is 0 Å². The Morgan fingerprint density at radius 1 is 0.500 bits per heavy atom. The van der Waals surface area contributed by atoms with Crippen LogP contribution < -0.4 is 0 Å². The van der Waals surface area contributed by atoms with Gasteiger partial charge in [0.2, 0.25) is 0 Å². The first kappa shape index (κ1) is 18.5. The second kappa shape index (κ2) is 11.3. The normalized spacial score (nSPS) is 22.0. The number of likely N-dealkylation sites (tertiary alicyclic amines) is 2. The monoisotopic (exact) mass is 296 g/mol. The first-order valence-electron chi connectivity index (χ1n) is 7.40. The van der Waals surface area contributed by atoms with E-state index in [0.717, 1.165) is 0 Å². The van der Waals surface area contributed by atoms with Crippen LogP contribution in [-0.4, -0.2) is 49.1 Å². The van der Waals surface area contributed by atoms with Gasteiger partial charge in [-0.2, -0.15) is 0 Å². The van der Waals surface area contributed by atoms with Crippen LogP contribution in [0.1, 0.15) is 51.4 Å². The third-order valence-corrected chi connectivity index (χ3v) is 4.10. The summed E-state index contributed by atoms with van der Waals surface area (Å²) in [5.41, 5.74) is 0. The highest BCUT2D eigenvalue weighted by atomic mass is 35.5. The van der Waals surface area contributed by atoms with E-state index in [1.54, 1.807) is 0 Å². The maximum atomic E-state index is 2.67. The van der Waals surface area contributed by atoms with Crippen molar-refractivity contribution in [1.82, 2.24) is 9.80 Å². The molecule has 0 saturated carbocycles. The summed E-state index contributed by atoms with van der Waals surface area (Å²) in [5.74, 6) is 0. The summed E-state index contributed by atoms with van der Waals surface area (Å²) < 4.78 is 0. The van der Waals surface area contributed by atoms with Crippen molar-refractivity contribution in [1.29, 1.82) is 0 Å². The molecule has 4 heteroatoms. The molecule has 2 nitrogen and oxygen atoms in total. The number of piperidine rings is 2. The highest BCUT2D eigenvalue weighted by molar-refractivity contribution is 5.85. The van der Waals surface area contributed by atoms with E-state index in [-0.39, 0.29) is 24.8 Å². The van der Waals surface area contributed by atoms with Crippen molar-refractivity contribution in [3.05, 3.63) is 0 Å². The Bertz CT molecular complexity index is 159. The number of rotatable bonds is 5. The van der Waals surface area contributed by atoms with Gasteiger partial charge in [0.15, 0.2) is 0 Å². The molecule has 110 valence electrons. The number of hydrogen-bond donors (Lipinski definition) is 0. The summed E-state index contributed by atoms with van der Waals surface area (Å²) in [5, 5.41) is 0. The SMILES string of the molecule is C1CCN(CCCCN2CCCCC2)CC1.Cl.Cl. The molecule has 18 heavy (non-hydrogen) atoms. The van der Waals surface area contributed by atoms with Crippen LogP contribution in [0.15, 0.2) is 0 Å². The maximum Gasteiger partial charge on any atom is -0.00183 e. The van der Waals surface area contributed by atoms with Gasteiger partial charge in [0, 0.05) is 0 Å². The minimum absolute atomic E-state index is 0. The third kappa shape index (κ3) is 7.18. The summed E-state index contributed by atoms with van der Waals surface area (Å²) >= 11 is 0. The Balaban J connectivity index is 0.00000144. The molecule has 0 amide bonds. The van der Waals surface area contributed by atoms with E-state index in [4.69, 9.17) is 0 Å². The lowest BCUT2D eigenvalue weighted by molar-refractivity contribution is 0.202. The van der Waals surface area contributed by atoms with Gasteiger partial charge in [-0.3, -0.25) is 0 Å². The Hall–Kier alpha value is 0.500. The number of nitrogens with zero attached hydrogens (tertiary/aromatic N) is 2. The van der Waals surface area contributed by atoms with Crippen LogP contribution in [0.3, 0.4) is 0 Å². The molecule has 0 unspecified atom stereocenters. The van der Waals surface area contributed by atoms with E-state index in [2.05, 4.69) is 9.80 Å². The molecular weight excluding hydrogens is 267 g/mol. The fourth-order valence-electron chi connectivity index (χ4n) is 3.04. The number of hydrogen-bond acceptors (Lipinski definition) is 2. The summed E-state index contributed by atoms with van der Waals surface area (Å²) in [7, 11) is 0. The van der Waals surface area contributed by atoms with Gasteiger partial charge in [0.25, 0.3) is 0 Å². The van der Waals surface area contributed by atoms with Crippen LogP contribution in [0, 0.1) is 0 Å². The Kier molecular flexibility index (Phi) is 11.7. The van der Waals surface area contributed by atoms with Crippen LogP contribution in [0.4, 0.5) is 0 Å². The zero-order valence-corrected chi connectivity index (χ0v) is 13.2. The van der Waals surface area contributed by atoms with Gasteiger partial charge in [0.1, 0.15) is 0 Å². The molecule has 0 N–H and O–H groups in total. The van der Waals surface area contributed by atoms with Crippen molar-refractivity contribution < 1.29 is 0 Å². The molecule has 2 rings (SSSR count). The molecule has 0 aliphatic carbocycles. The number of halogens is 2. The lowest BCUT2D eigenvalue weighted by atomic mass is 10.1. The number of unbranched alkanes of at least 4 members (excludes halogenated alkanes) is 1. The smallest absolute Gasteiger partial charge is 0.00183 e. The molecule has 0 aromatic carbocycles. The highest BCUT2D eigenvalue weighted by Gasteiger charge is 2.11. The highest BCUT2D eigenvalue weighted by Crippen LogP contribution is 2.11. The quantitative estimate of drug-likeness (QED) is 0.716. The average Bonchev–Trinajstić information content (AvgIpc) is 2.37. The fourth-order valence-corrected chi connectivity index (χ4v) is 3.04. The minimum Gasteiger partial charge on any atom is -0.303 e. The van der Waals surface area contributed by atoms with Crippen LogP contribution >= 0.6 is 24.8 Å². The van der Waals surface area contributed by atoms with Gasteiger partial charge < -0.3 is 9.80 Å². The van der Waals surface area contributed by atoms with Crippen molar-refractivity contribution in [2.75, 3.05) is 39.3 Å².